The van der Waals surface area contributed by atoms with Crippen molar-refractivity contribution in [2.75, 3.05) is 10.8 Å². The smallest absolute Gasteiger partial charge is 0.271 e. The van der Waals surface area contributed by atoms with Crippen molar-refractivity contribution in [1.82, 2.24) is 10.2 Å². The molecule has 0 aliphatic heterocycles. The molecular formula is C30H32Cl2N4O6S. The Labute approximate surface area is 260 Å². The normalized spacial score (nSPS) is 14.2. The van der Waals surface area contributed by atoms with Crippen molar-refractivity contribution in [3.05, 3.63) is 98.5 Å². The molecule has 1 aliphatic carbocycles. The Balaban J connectivity index is 1.75. The Morgan fingerprint density at radius 3 is 2.33 bits per heavy atom. The van der Waals surface area contributed by atoms with Crippen LogP contribution < -0.4 is 9.62 Å². The number of carbonyl (C=O) groups excluding carboxylic acids is 2. The van der Waals surface area contributed by atoms with Crippen LogP contribution in [-0.4, -0.2) is 48.7 Å². The van der Waals surface area contributed by atoms with Gasteiger partial charge < -0.3 is 10.2 Å². The molecule has 0 unspecified atom stereocenters. The lowest BCUT2D eigenvalue weighted by atomic mass is 10.1. The highest BCUT2D eigenvalue weighted by Gasteiger charge is 2.35. The first kappa shape index (κ1) is 32.2. The van der Waals surface area contributed by atoms with Gasteiger partial charge in [0.1, 0.15) is 12.6 Å². The second-order valence-electron chi connectivity index (χ2n) is 10.3. The summed E-state index contributed by atoms with van der Waals surface area (Å²) in [6, 6.07) is 16.5. The number of sulfonamides is 1. The SMILES string of the molecule is CC[C@@H](C(=O)NC1CCCC1)N(Cc1ccc(Cl)c(Cl)c1)C(=O)CN(c1cccc([N+](=O)[O-])c1)S(=O)(=O)c1ccccc1. The topological polar surface area (TPSA) is 130 Å². The van der Waals surface area contributed by atoms with Crippen LogP contribution in [0.4, 0.5) is 11.4 Å². The maximum atomic E-state index is 14.2. The largest absolute Gasteiger partial charge is 0.352 e. The van der Waals surface area contributed by atoms with Gasteiger partial charge in [-0.3, -0.25) is 24.0 Å². The van der Waals surface area contributed by atoms with E-state index in [0.29, 0.717) is 10.6 Å². The van der Waals surface area contributed by atoms with Gasteiger partial charge in [0.25, 0.3) is 15.7 Å². The molecule has 228 valence electrons. The molecule has 0 aromatic heterocycles. The highest BCUT2D eigenvalue weighted by atomic mass is 35.5. The molecule has 0 spiro atoms. The first-order valence-electron chi connectivity index (χ1n) is 13.9. The quantitative estimate of drug-likeness (QED) is 0.191. The van der Waals surface area contributed by atoms with Gasteiger partial charge in [-0.2, -0.15) is 0 Å². The zero-order valence-corrected chi connectivity index (χ0v) is 25.8. The first-order valence-corrected chi connectivity index (χ1v) is 16.1. The van der Waals surface area contributed by atoms with Crippen LogP contribution >= 0.6 is 23.2 Å². The Hall–Kier alpha value is -3.67. The van der Waals surface area contributed by atoms with E-state index in [-0.39, 0.29) is 46.2 Å². The number of nitrogens with zero attached hydrogens (tertiary/aromatic N) is 3. The van der Waals surface area contributed by atoms with Crippen molar-refractivity contribution in [3.63, 3.8) is 0 Å². The van der Waals surface area contributed by atoms with Gasteiger partial charge in [-0.1, -0.05) is 73.3 Å². The van der Waals surface area contributed by atoms with Crippen LogP contribution in [0.5, 0.6) is 0 Å². The number of carbonyl (C=O) groups is 2. The Kier molecular flexibility index (Phi) is 10.6. The second-order valence-corrected chi connectivity index (χ2v) is 13.0. The van der Waals surface area contributed by atoms with Crippen molar-refractivity contribution < 1.29 is 22.9 Å². The summed E-state index contributed by atoms with van der Waals surface area (Å²) in [5.74, 6) is -1.01. The van der Waals surface area contributed by atoms with Crippen LogP contribution in [0.15, 0.2) is 77.7 Å². The average Bonchev–Trinajstić information content (AvgIpc) is 3.51. The molecule has 0 radical (unpaired) electrons. The summed E-state index contributed by atoms with van der Waals surface area (Å²) in [5, 5.41) is 15.2. The lowest BCUT2D eigenvalue weighted by molar-refractivity contribution is -0.384. The van der Waals surface area contributed by atoms with Crippen LogP contribution in [0.2, 0.25) is 10.0 Å². The Bertz CT molecular complexity index is 1580. The predicted molar refractivity (Wildman–Crippen MR) is 166 cm³/mol. The summed E-state index contributed by atoms with van der Waals surface area (Å²) in [6.07, 6.45) is 3.96. The molecule has 1 atom stereocenters. The number of amides is 2. The molecule has 1 N–H and O–H groups in total. The fraction of sp³-hybridized carbons (Fsp3) is 0.333. The van der Waals surface area contributed by atoms with Crippen LogP contribution in [0.3, 0.4) is 0 Å². The number of hydrogen-bond acceptors (Lipinski definition) is 6. The maximum absolute atomic E-state index is 14.2. The van der Waals surface area contributed by atoms with Crippen LogP contribution in [0, 0.1) is 10.1 Å². The molecule has 0 bridgehead atoms. The molecule has 43 heavy (non-hydrogen) atoms. The molecule has 0 saturated heterocycles. The number of nitro benzene ring substituents is 1. The third-order valence-corrected chi connectivity index (χ3v) is 9.89. The summed E-state index contributed by atoms with van der Waals surface area (Å²) in [5.41, 5.74) is 0.181. The molecule has 1 saturated carbocycles. The van der Waals surface area contributed by atoms with Crippen molar-refractivity contribution in [1.29, 1.82) is 0 Å². The average molecular weight is 648 g/mol. The summed E-state index contributed by atoms with van der Waals surface area (Å²) >= 11 is 12.3. The lowest BCUT2D eigenvalue weighted by Gasteiger charge is -2.33. The number of halogens is 2. The third-order valence-electron chi connectivity index (χ3n) is 7.36. The molecule has 2 amide bonds. The third kappa shape index (κ3) is 7.84. The van der Waals surface area contributed by atoms with Crippen LogP contribution in [-0.2, 0) is 26.2 Å². The van der Waals surface area contributed by atoms with E-state index in [2.05, 4.69) is 5.32 Å². The molecule has 3 aromatic rings. The minimum Gasteiger partial charge on any atom is -0.352 e. The predicted octanol–water partition coefficient (Wildman–Crippen LogP) is 5.96. The highest BCUT2D eigenvalue weighted by molar-refractivity contribution is 7.92. The van der Waals surface area contributed by atoms with E-state index in [4.69, 9.17) is 23.2 Å². The summed E-state index contributed by atoms with van der Waals surface area (Å²) in [6.45, 7) is 1.00. The molecular weight excluding hydrogens is 615 g/mol. The number of hydrogen-bond donors (Lipinski definition) is 1. The van der Waals surface area contributed by atoms with Crippen LogP contribution in [0.1, 0.15) is 44.6 Å². The number of benzene rings is 3. The number of nitro groups is 1. The lowest BCUT2D eigenvalue weighted by Crippen LogP contribution is -2.53. The first-order chi connectivity index (χ1) is 20.5. The van der Waals surface area contributed by atoms with E-state index in [9.17, 15) is 28.1 Å². The molecule has 4 rings (SSSR count). The summed E-state index contributed by atoms with van der Waals surface area (Å²) in [7, 11) is -4.36. The molecule has 13 heteroatoms. The van der Waals surface area contributed by atoms with Crippen molar-refractivity contribution >= 4 is 56.4 Å². The molecule has 1 fully saturated rings. The summed E-state index contributed by atoms with van der Waals surface area (Å²) < 4.78 is 28.6. The van der Waals surface area contributed by atoms with Gasteiger partial charge in [0.15, 0.2) is 0 Å². The molecule has 1 aliphatic rings. The zero-order valence-electron chi connectivity index (χ0n) is 23.5. The highest BCUT2D eigenvalue weighted by Crippen LogP contribution is 2.29. The Morgan fingerprint density at radius 2 is 1.70 bits per heavy atom. The van der Waals surface area contributed by atoms with Gasteiger partial charge in [-0.25, -0.2) is 8.42 Å². The van der Waals surface area contributed by atoms with E-state index in [1.54, 1.807) is 31.2 Å². The van der Waals surface area contributed by atoms with Gasteiger partial charge in [0, 0.05) is 24.7 Å². The monoisotopic (exact) mass is 646 g/mol. The van der Waals surface area contributed by atoms with E-state index >= 15 is 0 Å². The fourth-order valence-electron chi connectivity index (χ4n) is 5.13. The summed E-state index contributed by atoms with van der Waals surface area (Å²) in [4.78, 5) is 39.8. The van der Waals surface area contributed by atoms with Gasteiger partial charge in [0.05, 0.1) is 25.6 Å². The minimum atomic E-state index is -4.36. The maximum Gasteiger partial charge on any atom is 0.271 e. The van der Waals surface area contributed by atoms with Gasteiger partial charge in [0.2, 0.25) is 11.8 Å². The number of rotatable bonds is 12. The Morgan fingerprint density at radius 1 is 1.00 bits per heavy atom. The van der Waals surface area contributed by atoms with Crippen molar-refractivity contribution in [3.8, 4) is 0 Å². The van der Waals surface area contributed by atoms with E-state index in [0.717, 1.165) is 36.1 Å². The fourth-order valence-corrected chi connectivity index (χ4v) is 6.88. The van der Waals surface area contributed by atoms with E-state index in [1.807, 2.05) is 0 Å². The second kappa shape index (κ2) is 14.2. The van der Waals surface area contributed by atoms with Crippen molar-refractivity contribution in [2.24, 2.45) is 0 Å². The van der Waals surface area contributed by atoms with Gasteiger partial charge in [-0.15, -0.1) is 0 Å². The van der Waals surface area contributed by atoms with E-state index in [1.165, 1.54) is 47.4 Å². The molecule has 10 nitrogen and oxygen atoms in total. The standard InChI is InChI=1S/C30H32Cl2N4O6S/c1-2-28(30(38)33-22-9-6-7-10-22)34(19-21-15-16-26(31)27(32)17-21)29(37)20-35(23-11-8-12-24(18-23)36(39)40)43(41,42)25-13-4-3-5-14-25/h3-5,8,11-18,22,28H,2,6-7,9-10,19-20H2,1H3,(H,33,38)/t28-/m0/s1. The zero-order chi connectivity index (χ0) is 31.1. The number of anilines is 1. The van der Waals surface area contributed by atoms with Crippen molar-refractivity contribution in [2.45, 2.75) is 62.6 Å². The number of nitrogens with one attached hydrogen (secondary N) is 1. The van der Waals surface area contributed by atoms with Crippen LogP contribution in [0.25, 0.3) is 0 Å². The molecule has 0 heterocycles. The molecule has 3 aromatic carbocycles. The van der Waals surface area contributed by atoms with Gasteiger partial charge >= 0.3 is 0 Å². The number of non-ortho nitro benzene ring substituents is 1. The van der Waals surface area contributed by atoms with Gasteiger partial charge in [-0.05, 0) is 55.2 Å². The minimum absolute atomic E-state index is 0.00306. The van der Waals surface area contributed by atoms with E-state index < -0.39 is 33.4 Å².